The van der Waals surface area contributed by atoms with E-state index in [-0.39, 0.29) is 30.4 Å². The van der Waals surface area contributed by atoms with Crippen LogP contribution in [0.1, 0.15) is 23.7 Å². The van der Waals surface area contributed by atoms with Gasteiger partial charge in [0.2, 0.25) is 0 Å². The van der Waals surface area contributed by atoms with Crippen LogP contribution in [-0.4, -0.2) is 74.2 Å². The second kappa shape index (κ2) is 10.1. The van der Waals surface area contributed by atoms with Gasteiger partial charge in [-0.2, -0.15) is 0 Å². The molecule has 1 aliphatic heterocycles. The van der Waals surface area contributed by atoms with Gasteiger partial charge in [0.05, 0.1) is 26.2 Å². The minimum atomic E-state index is -0.454. The van der Waals surface area contributed by atoms with Gasteiger partial charge in [-0.1, -0.05) is 6.07 Å². The summed E-state index contributed by atoms with van der Waals surface area (Å²) in [6.45, 7) is 6.46. The van der Waals surface area contributed by atoms with Gasteiger partial charge in [-0.25, -0.2) is 4.39 Å². The van der Waals surface area contributed by atoms with Gasteiger partial charge in [-0.05, 0) is 25.1 Å². The lowest BCUT2D eigenvalue weighted by atomic mass is 10.2. The molecule has 1 saturated heterocycles. The fraction of sp³-hybridized carbons (Fsp3) is 0.556. The van der Waals surface area contributed by atoms with E-state index in [9.17, 15) is 14.0 Å². The molecule has 0 N–H and O–H groups in total. The number of carbonyl (C=O) groups excluding carboxylic acids is 2. The van der Waals surface area contributed by atoms with Crippen molar-refractivity contribution in [3.63, 3.8) is 0 Å². The Morgan fingerprint density at radius 2 is 2.04 bits per heavy atom. The number of halogens is 1. The average molecular weight is 352 g/mol. The Bertz CT molecular complexity index is 576. The summed E-state index contributed by atoms with van der Waals surface area (Å²) >= 11 is 0. The Labute approximate surface area is 147 Å². The number of esters is 1. The van der Waals surface area contributed by atoms with E-state index in [4.69, 9.17) is 9.47 Å². The fourth-order valence-corrected chi connectivity index (χ4v) is 2.67. The number of ether oxygens (including phenoxy) is 2. The van der Waals surface area contributed by atoms with Crippen molar-refractivity contribution in [2.75, 3.05) is 52.5 Å². The van der Waals surface area contributed by atoms with E-state index in [1.807, 2.05) is 0 Å². The molecule has 7 heteroatoms. The van der Waals surface area contributed by atoms with Crippen LogP contribution in [0.15, 0.2) is 24.3 Å². The van der Waals surface area contributed by atoms with Crippen LogP contribution < -0.4 is 0 Å². The van der Waals surface area contributed by atoms with Crippen molar-refractivity contribution in [2.45, 2.75) is 13.3 Å². The van der Waals surface area contributed by atoms with E-state index in [2.05, 4.69) is 4.90 Å². The van der Waals surface area contributed by atoms with Gasteiger partial charge in [-0.3, -0.25) is 14.5 Å². The molecule has 1 aliphatic rings. The summed E-state index contributed by atoms with van der Waals surface area (Å²) in [6.07, 6.45) is 0.123. The largest absolute Gasteiger partial charge is 0.466 e. The zero-order valence-corrected chi connectivity index (χ0v) is 14.6. The molecule has 6 nitrogen and oxygen atoms in total. The average Bonchev–Trinajstić information content (AvgIpc) is 2.62. The molecule has 1 aromatic rings. The lowest BCUT2D eigenvalue weighted by molar-refractivity contribution is -0.143. The third-order valence-electron chi connectivity index (χ3n) is 4.04. The molecule has 2 rings (SSSR count). The van der Waals surface area contributed by atoms with Crippen LogP contribution in [0, 0.1) is 5.82 Å². The van der Waals surface area contributed by atoms with Gasteiger partial charge in [0.25, 0.3) is 5.91 Å². The van der Waals surface area contributed by atoms with Gasteiger partial charge in [0.15, 0.2) is 0 Å². The molecule has 25 heavy (non-hydrogen) atoms. The molecule has 0 aliphatic carbocycles. The van der Waals surface area contributed by atoms with Crippen LogP contribution >= 0.6 is 0 Å². The van der Waals surface area contributed by atoms with E-state index in [1.54, 1.807) is 17.9 Å². The van der Waals surface area contributed by atoms with Gasteiger partial charge < -0.3 is 14.4 Å². The highest BCUT2D eigenvalue weighted by Crippen LogP contribution is 2.09. The summed E-state index contributed by atoms with van der Waals surface area (Å²) in [6, 6.07) is 5.60. The highest BCUT2D eigenvalue weighted by Gasteiger charge is 2.19. The van der Waals surface area contributed by atoms with Crippen LogP contribution in [-0.2, 0) is 14.3 Å². The van der Waals surface area contributed by atoms with Crippen molar-refractivity contribution in [1.29, 1.82) is 0 Å². The van der Waals surface area contributed by atoms with Crippen molar-refractivity contribution in [1.82, 2.24) is 9.80 Å². The second-order valence-electron chi connectivity index (χ2n) is 5.81. The number of nitrogens with zero attached hydrogens (tertiary/aromatic N) is 2. The van der Waals surface area contributed by atoms with E-state index >= 15 is 0 Å². The van der Waals surface area contributed by atoms with E-state index in [1.165, 1.54) is 18.2 Å². The van der Waals surface area contributed by atoms with Gasteiger partial charge in [0.1, 0.15) is 5.82 Å². The maximum atomic E-state index is 13.4. The molecule has 0 radical (unpaired) electrons. The summed E-state index contributed by atoms with van der Waals surface area (Å²) in [5.41, 5.74) is 0.283. The maximum absolute atomic E-state index is 13.4. The molecule has 1 amide bonds. The van der Waals surface area contributed by atoms with E-state index in [0.717, 1.165) is 13.1 Å². The first-order chi connectivity index (χ1) is 12.1. The third-order valence-corrected chi connectivity index (χ3v) is 4.04. The number of carbonyl (C=O) groups is 2. The summed E-state index contributed by atoms with van der Waals surface area (Å²) in [5.74, 6) is -1.08. The lowest BCUT2D eigenvalue weighted by Gasteiger charge is -2.30. The zero-order chi connectivity index (χ0) is 18.1. The highest BCUT2D eigenvalue weighted by molar-refractivity contribution is 5.94. The molecule has 0 aromatic heterocycles. The normalized spacial score (nSPS) is 15.0. The van der Waals surface area contributed by atoms with Crippen molar-refractivity contribution in [3.8, 4) is 0 Å². The number of hydrogen-bond acceptors (Lipinski definition) is 5. The van der Waals surface area contributed by atoms with Crippen LogP contribution in [0.5, 0.6) is 0 Å². The maximum Gasteiger partial charge on any atom is 0.307 e. The van der Waals surface area contributed by atoms with Crippen LogP contribution in [0.25, 0.3) is 0 Å². The third kappa shape index (κ3) is 6.43. The molecule has 0 unspecified atom stereocenters. The van der Waals surface area contributed by atoms with E-state index < -0.39 is 5.82 Å². The number of rotatable bonds is 8. The zero-order valence-electron chi connectivity index (χ0n) is 14.6. The van der Waals surface area contributed by atoms with E-state index in [0.29, 0.717) is 32.9 Å². The highest BCUT2D eigenvalue weighted by atomic mass is 19.1. The first kappa shape index (κ1) is 19.3. The first-order valence-electron chi connectivity index (χ1n) is 8.60. The summed E-state index contributed by atoms with van der Waals surface area (Å²) < 4.78 is 23.7. The Hall–Kier alpha value is -1.99. The monoisotopic (exact) mass is 352 g/mol. The Morgan fingerprint density at radius 1 is 1.28 bits per heavy atom. The molecule has 1 heterocycles. The minimum absolute atomic E-state index is 0.123. The Morgan fingerprint density at radius 3 is 2.72 bits per heavy atom. The predicted octanol–water partition coefficient (Wildman–Crippen LogP) is 1.55. The van der Waals surface area contributed by atoms with Crippen molar-refractivity contribution in [3.05, 3.63) is 35.6 Å². The van der Waals surface area contributed by atoms with Gasteiger partial charge >= 0.3 is 5.97 Å². The molecule has 1 aromatic carbocycles. The van der Waals surface area contributed by atoms with Crippen molar-refractivity contribution in [2.24, 2.45) is 0 Å². The summed E-state index contributed by atoms with van der Waals surface area (Å²) in [4.78, 5) is 28.1. The van der Waals surface area contributed by atoms with Crippen molar-refractivity contribution < 1.29 is 23.5 Å². The topological polar surface area (TPSA) is 59.1 Å². The molecule has 0 saturated carbocycles. The standard InChI is InChI=1S/C18H25FN2O4/c1-2-25-17(22)6-7-21(9-8-20-10-12-24-13-11-20)18(23)15-4-3-5-16(19)14-15/h3-5,14H,2,6-13H2,1H3. The second-order valence-corrected chi connectivity index (χ2v) is 5.81. The Balaban J connectivity index is 1.99. The van der Waals surface area contributed by atoms with Crippen molar-refractivity contribution >= 4 is 11.9 Å². The quantitative estimate of drug-likeness (QED) is 0.665. The summed E-state index contributed by atoms with van der Waals surface area (Å²) in [7, 11) is 0. The van der Waals surface area contributed by atoms with Crippen LogP contribution in [0.2, 0.25) is 0 Å². The number of hydrogen-bond donors (Lipinski definition) is 0. The molecule has 0 atom stereocenters. The first-order valence-corrected chi connectivity index (χ1v) is 8.60. The van der Waals surface area contributed by atoms with Crippen LogP contribution in [0.3, 0.4) is 0 Å². The lowest BCUT2D eigenvalue weighted by Crippen LogP contribution is -2.43. The molecular formula is C18H25FN2O4. The SMILES string of the molecule is CCOC(=O)CCN(CCN1CCOCC1)C(=O)c1cccc(F)c1. The minimum Gasteiger partial charge on any atom is -0.466 e. The molecular weight excluding hydrogens is 327 g/mol. The molecule has 138 valence electrons. The molecule has 0 spiro atoms. The number of amides is 1. The molecule has 1 fully saturated rings. The predicted molar refractivity (Wildman–Crippen MR) is 90.8 cm³/mol. The van der Waals surface area contributed by atoms with Gasteiger partial charge in [-0.15, -0.1) is 0 Å². The number of benzene rings is 1. The number of morpholine rings is 1. The molecule has 0 bridgehead atoms. The fourth-order valence-electron chi connectivity index (χ4n) is 2.67. The smallest absolute Gasteiger partial charge is 0.307 e. The van der Waals surface area contributed by atoms with Crippen LogP contribution in [0.4, 0.5) is 4.39 Å². The van der Waals surface area contributed by atoms with Gasteiger partial charge in [0, 0.05) is 38.3 Å². The Kier molecular flexibility index (Phi) is 7.81. The summed E-state index contributed by atoms with van der Waals surface area (Å²) in [5, 5.41) is 0.